The van der Waals surface area contributed by atoms with Gasteiger partial charge in [0.15, 0.2) is 0 Å². The summed E-state index contributed by atoms with van der Waals surface area (Å²) < 4.78 is 31.5. The molecule has 26 heavy (non-hydrogen) atoms. The van der Waals surface area contributed by atoms with Gasteiger partial charge in [0.25, 0.3) is 10.0 Å². The van der Waals surface area contributed by atoms with Crippen LogP contribution in [0.25, 0.3) is 0 Å². The van der Waals surface area contributed by atoms with Gasteiger partial charge >= 0.3 is 5.97 Å². The molecule has 0 unspecified atom stereocenters. The third-order valence-corrected chi connectivity index (χ3v) is 7.53. The summed E-state index contributed by atoms with van der Waals surface area (Å²) >= 11 is 0.892. The highest BCUT2D eigenvalue weighted by Crippen LogP contribution is 2.25. The minimum absolute atomic E-state index is 0.00892. The van der Waals surface area contributed by atoms with Crippen LogP contribution >= 0.6 is 11.3 Å². The van der Waals surface area contributed by atoms with Crippen molar-refractivity contribution in [3.05, 3.63) is 41.2 Å². The van der Waals surface area contributed by atoms with Gasteiger partial charge in [0.1, 0.15) is 4.21 Å². The van der Waals surface area contributed by atoms with Crippen molar-refractivity contribution in [3.8, 4) is 0 Å². The SMILES string of the molecule is O=C(O)c1csc(S(=O)(=O)N2CCN(C(=O)CCc3ccoc3)CC2)c1. The maximum Gasteiger partial charge on any atom is 0.336 e. The first-order chi connectivity index (χ1) is 12.4. The second-order valence-electron chi connectivity index (χ2n) is 5.88. The van der Waals surface area contributed by atoms with Crippen LogP contribution < -0.4 is 0 Å². The molecule has 3 heterocycles. The van der Waals surface area contributed by atoms with E-state index in [2.05, 4.69) is 0 Å². The minimum atomic E-state index is -3.73. The van der Waals surface area contributed by atoms with Crippen molar-refractivity contribution in [3.63, 3.8) is 0 Å². The number of carboxylic acid groups (broad SMARTS) is 1. The van der Waals surface area contributed by atoms with Crippen LogP contribution in [-0.2, 0) is 21.2 Å². The zero-order valence-corrected chi connectivity index (χ0v) is 15.5. The lowest BCUT2D eigenvalue weighted by Gasteiger charge is -2.33. The molecule has 2 aromatic rings. The van der Waals surface area contributed by atoms with Crippen molar-refractivity contribution in [1.29, 1.82) is 0 Å². The third-order valence-electron chi connectivity index (χ3n) is 4.22. The molecule has 0 radical (unpaired) electrons. The van der Waals surface area contributed by atoms with Crippen LogP contribution in [0.15, 0.2) is 38.7 Å². The summed E-state index contributed by atoms with van der Waals surface area (Å²) in [5, 5.41) is 10.2. The number of nitrogens with zero attached hydrogens (tertiary/aromatic N) is 2. The lowest BCUT2D eigenvalue weighted by molar-refractivity contribution is -0.132. The Balaban J connectivity index is 1.56. The molecule has 0 bridgehead atoms. The van der Waals surface area contributed by atoms with Crippen molar-refractivity contribution < 1.29 is 27.5 Å². The average molecular weight is 398 g/mol. The Morgan fingerprint density at radius 1 is 1.23 bits per heavy atom. The number of piperazine rings is 1. The van der Waals surface area contributed by atoms with E-state index in [4.69, 9.17) is 9.52 Å². The fourth-order valence-electron chi connectivity index (χ4n) is 2.71. The van der Waals surface area contributed by atoms with Crippen molar-refractivity contribution in [2.75, 3.05) is 26.2 Å². The highest BCUT2D eigenvalue weighted by Gasteiger charge is 2.31. The van der Waals surface area contributed by atoms with Crippen molar-refractivity contribution >= 4 is 33.2 Å². The zero-order valence-electron chi connectivity index (χ0n) is 13.8. The smallest absolute Gasteiger partial charge is 0.336 e. The first kappa shape index (κ1) is 18.6. The summed E-state index contributed by atoms with van der Waals surface area (Å²) in [6.45, 7) is 1.03. The van der Waals surface area contributed by atoms with Gasteiger partial charge < -0.3 is 14.4 Å². The van der Waals surface area contributed by atoms with E-state index in [1.165, 1.54) is 15.8 Å². The van der Waals surface area contributed by atoms with E-state index in [1.54, 1.807) is 17.4 Å². The van der Waals surface area contributed by atoms with Gasteiger partial charge in [-0.15, -0.1) is 11.3 Å². The van der Waals surface area contributed by atoms with Crippen LogP contribution in [-0.4, -0.2) is 60.8 Å². The standard InChI is InChI=1S/C16H18N2O6S2/c19-14(2-1-12-3-8-24-10-12)17-4-6-18(7-5-17)26(22,23)15-9-13(11-25-15)16(20)21/h3,8-11H,1-2,4-7H2,(H,20,21). The van der Waals surface area contributed by atoms with Crippen LogP contribution in [0.5, 0.6) is 0 Å². The van der Waals surface area contributed by atoms with Gasteiger partial charge in [0, 0.05) is 38.0 Å². The van der Waals surface area contributed by atoms with E-state index in [-0.39, 0.29) is 28.8 Å². The summed E-state index contributed by atoms with van der Waals surface area (Å²) in [5.74, 6) is -1.18. The van der Waals surface area contributed by atoms with Crippen LogP contribution in [0.3, 0.4) is 0 Å². The number of carbonyl (C=O) groups is 2. The second-order valence-corrected chi connectivity index (χ2v) is 8.95. The zero-order chi connectivity index (χ0) is 18.7. The molecule has 1 aliphatic rings. The molecule has 0 spiro atoms. The van der Waals surface area contributed by atoms with Gasteiger partial charge in [0.05, 0.1) is 18.1 Å². The predicted molar refractivity (Wildman–Crippen MR) is 93.6 cm³/mol. The van der Waals surface area contributed by atoms with Crippen LogP contribution in [0.4, 0.5) is 0 Å². The number of aromatic carboxylic acids is 1. The van der Waals surface area contributed by atoms with Gasteiger partial charge in [-0.25, -0.2) is 13.2 Å². The van der Waals surface area contributed by atoms with E-state index in [0.29, 0.717) is 25.9 Å². The maximum atomic E-state index is 12.6. The normalized spacial score (nSPS) is 15.9. The topological polar surface area (TPSA) is 108 Å². The number of thiophene rings is 1. The molecule has 0 saturated carbocycles. The van der Waals surface area contributed by atoms with Gasteiger partial charge in [-0.3, -0.25) is 4.79 Å². The Hall–Kier alpha value is -2.17. The van der Waals surface area contributed by atoms with E-state index < -0.39 is 16.0 Å². The quantitative estimate of drug-likeness (QED) is 0.790. The fraction of sp³-hybridized carbons (Fsp3) is 0.375. The molecular formula is C16H18N2O6S2. The number of hydrogen-bond donors (Lipinski definition) is 1. The molecule has 0 atom stereocenters. The molecule has 10 heteroatoms. The molecule has 3 rings (SSSR count). The number of amides is 1. The van der Waals surface area contributed by atoms with Gasteiger partial charge in [-0.05, 0) is 24.1 Å². The molecule has 0 aromatic carbocycles. The maximum absolute atomic E-state index is 12.6. The van der Waals surface area contributed by atoms with Crippen LogP contribution in [0.2, 0.25) is 0 Å². The largest absolute Gasteiger partial charge is 0.478 e. The molecule has 1 N–H and O–H groups in total. The second kappa shape index (κ2) is 7.60. The Bertz CT molecular complexity index is 880. The molecule has 1 fully saturated rings. The van der Waals surface area contributed by atoms with E-state index in [9.17, 15) is 18.0 Å². The number of hydrogen-bond acceptors (Lipinski definition) is 6. The third kappa shape index (κ3) is 3.97. The van der Waals surface area contributed by atoms with E-state index in [1.807, 2.05) is 6.07 Å². The van der Waals surface area contributed by atoms with Crippen LogP contribution in [0, 0.1) is 0 Å². The predicted octanol–water partition coefficient (Wildman–Crippen LogP) is 1.51. The lowest BCUT2D eigenvalue weighted by Crippen LogP contribution is -2.50. The fourth-order valence-corrected chi connectivity index (χ4v) is 5.44. The van der Waals surface area contributed by atoms with E-state index >= 15 is 0 Å². The number of carboxylic acids is 1. The molecule has 1 aliphatic heterocycles. The molecular weight excluding hydrogens is 380 g/mol. The number of furan rings is 1. The molecule has 140 valence electrons. The first-order valence-corrected chi connectivity index (χ1v) is 10.3. The van der Waals surface area contributed by atoms with Crippen molar-refractivity contribution in [1.82, 2.24) is 9.21 Å². The number of aryl methyl sites for hydroxylation is 1. The molecule has 1 amide bonds. The monoisotopic (exact) mass is 398 g/mol. The van der Waals surface area contributed by atoms with Gasteiger partial charge in [0.2, 0.25) is 5.91 Å². The highest BCUT2D eigenvalue weighted by molar-refractivity contribution is 7.91. The van der Waals surface area contributed by atoms with Crippen molar-refractivity contribution in [2.24, 2.45) is 0 Å². The first-order valence-electron chi connectivity index (χ1n) is 7.99. The summed E-state index contributed by atoms with van der Waals surface area (Å²) in [6.07, 6.45) is 4.09. The molecule has 0 aliphatic carbocycles. The Kier molecular flexibility index (Phi) is 5.44. The summed E-state index contributed by atoms with van der Waals surface area (Å²) in [4.78, 5) is 24.8. The van der Waals surface area contributed by atoms with Crippen LogP contribution in [0.1, 0.15) is 22.3 Å². The highest BCUT2D eigenvalue weighted by atomic mass is 32.2. The molecule has 2 aromatic heterocycles. The Labute approximate surface area is 154 Å². The molecule has 1 saturated heterocycles. The van der Waals surface area contributed by atoms with E-state index in [0.717, 1.165) is 16.9 Å². The Morgan fingerprint density at radius 2 is 1.96 bits per heavy atom. The minimum Gasteiger partial charge on any atom is -0.478 e. The van der Waals surface area contributed by atoms with Crippen molar-refractivity contribution in [2.45, 2.75) is 17.1 Å². The van der Waals surface area contributed by atoms with Gasteiger partial charge in [-0.1, -0.05) is 0 Å². The summed E-state index contributed by atoms with van der Waals surface area (Å²) in [7, 11) is -3.73. The average Bonchev–Trinajstić information content (AvgIpc) is 3.31. The molecule has 8 nitrogen and oxygen atoms in total. The summed E-state index contributed by atoms with van der Waals surface area (Å²) in [5.41, 5.74) is 0.910. The number of carbonyl (C=O) groups excluding carboxylic acids is 1. The number of sulfonamides is 1. The van der Waals surface area contributed by atoms with Gasteiger partial charge in [-0.2, -0.15) is 4.31 Å². The summed E-state index contributed by atoms with van der Waals surface area (Å²) in [6, 6.07) is 2.98. The number of rotatable bonds is 6. The lowest BCUT2D eigenvalue weighted by atomic mass is 10.1. The Morgan fingerprint density at radius 3 is 2.54 bits per heavy atom.